The molecule has 0 spiro atoms. The van der Waals surface area contributed by atoms with Crippen LogP contribution < -0.4 is 0 Å². The Morgan fingerprint density at radius 3 is 2.62 bits per heavy atom. The van der Waals surface area contributed by atoms with Crippen molar-refractivity contribution in [3.8, 4) is 0 Å². The Labute approximate surface area is 132 Å². The van der Waals surface area contributed by atoms with Gasteiger partial charge < -0.3 is 0 Å². The van der Waals surface area contributed by atoms with Gasteiger partial charge in [-0.05, 0) is 32.4 Å². The molecule has 3 rings (SSSR count). The Hall–Kier alpha value is -1.52. The summed E-state index contributed by atoms with van der Waals surface area (Å²) in [7, 11) is 0. The fraction of sp³-hybridized carbons (Fsp3) is 0.294. The molecular formula is C17H18N2S2. The largest absolute Gasteiger partial charge is 0.241 e. The molecule has 2 nitrogen and oxygen atoms in total. The van der Waals surface area contributed by atoms with Gasteiger partial charge in [0.15, 0.2) is 0 Å². The molecule has 0 radical (unpaired) electrons. The highest BCUT2D eigenvalue weighted by Gasteiger charge is 2.07. The molecule has 0 aliphatic rings. The average molecular weight is 314 g/mol. The van der Waals surface area contributed by atoms with Gasteiger partial charge in [-0.3, -0.25) is 0 Å². The van der Waals surface area contributed by atoms with Crippen LogP contribution in [0.4, 0.5) is 0 Å². The predicted octanol–water partition coefficient (Wildman–Crippen LogP) is 5.67. The summed E-state index contributed by atoms with van der Waals surface area (Å²) in [5.41, 5.74) is 3.51. The summed E-state index contributed by atoms with van der Waals surface area (Å²) in [6.45, 7) is 6.35. The van der Waals surface area contributed by atoms with Crippen LogP contribution in [0.3, 0.4) is 0 Å². The van der Waals surface area contributed by atoms with Gasteiger partial charge in [-0.15, -0.1) is 22.7 Å². The van der Waals surface area contributed by atoms with E-state index in [0.717, 1.165) is 28.9 Å². The highest BCUT2D eigenvalue weighted by molar-refractivity contribution is 7.20. The second-order valence-corrected chi connectivity index (χ2v) is 7.44. The summed E-state index contributed by atoms with van der Waals surface area (Å²) in [6.07, 6.45) is 8.59. The van der Waals surface area contributed by atoms with Crippen LogP contribution in [0.2, 0.25) is 0 Å². The Morgan fingerprint density at radius 2 is 1.86 bits per heavy atom. The molecule has 0 unspecified atom stereocenters. The molecule has 4 heteroatoms. The van der Waals surface area contributed by atoms with Gasteiger partial charge in [-0.25, -0.2) is 9.97 Å². The van der Waals surface area contributed by atoms with Crippen molar-refractivity contribution in [3.63, 3.8) is 0 Å². The van der Waals surface area contributed by atoms with E-state index in [1.807, 2.05) is 0 Å². The zero-order valence-corrected chi connectivity index (χ0v) is 14.1. The van der Waals surface area contributed by atoms with Crippen molar-refractivity contribution in [2.75, 3.05) is 0 Å². The third kappa shape index (κ3) is 3.22. The number of aryl methyl sites for hydroxylation is 1. The van der Waals surface area contributed by atoms with Gasteiger partial charge in [0.25, 0.3) is 0 Å². The van der Waals surface area contributed by atoms with Crippen molar-refractivity contribution < 1.29 is 0 Å². The minimum absolute atomic E-state index is 0.897. The van der Waals surface area contributed by atoms with E-state index in [0.29, 0.717) is 0 Å². The Bertz CT molecular complexity index is 786. The summed E-state index contributed by atoms with van der Waals surface area (Å²) in [5, 5.41) is 2.28. The molecule has 0 amide bonds. The number of rotatable bonds is 4. The summed E-state index contributed by atoms with van der Waals surface area (Å²) in [5.74, 6) is 0. The monoisotopic (exact) mass is 314 g/mol. The Morgan fingerprint density at radius 1 is 1.14 bits per heavy atom. The molecule has 0 fully saturated rings. The van der Waals surface area contributed by atoms with E-state index in [2.05, 4.69) is 56.1 Å². The van der Waals surface area contributed by atoms with Crippen molar-refractivity contribution in [1.82, 2.24) is 9.97 Å². The second-order valence-electron chi connectivity index (χ2n) is 5.09. The van der Waals surface area contributed by atoms with E-state index < -0.39 is 0 Å². The number of nitrogens with zero attached hydrogens (tertiary/aromatic N) is 2. The molecule has 0 aliphatic carbocycles. The molecule has 0 aliphatic heterocycles. The molecular weight excluding hydrogens is 296 g/mol. The lowest BCUT2D eigenvalue weighted by Crippen LogP contribution is -1.78. The molecule has 0 N–H and O–H groups in total. The summed E-state index contributed by atoms with van der Waals surface area (Å²) < 4.78 is 2.46. The lowest BCUT2D eigenvalue weighted by molar-refractivity contribution is 1.18. The van der Waals surface area contributed by atoms with Crippen molar-refractivity contribution in [2.24, 2.45) is 0 Å². The highest BCUT2D eigenvalue weighted by atomic mass is 32.1. The molecule has 3 aromatic rings. The van der Waals surface area contributed by atoms with Crippen molar-refractivity contribution in [3.05, 3.63) is 45.9 Å². The minimum atomic E-state index is 0.897. The zero-order valence-electron chi connectivity index (χ0n) is 12.5. The number of hydrogen-bond acceptors (Lipinski definition) is 4. The van der Waals surface area contributed by atoms with Crippen LogP contribution in [0.1, 0.15) is 30.3 Å². The molecule has 2 aromatic heterocycles. The average Bonchev–Trinajstić information content (AvgIpc) is 2.96. The SMILES string of the molecule is CC/C=C(C)\C=C/Cc1nc2cc3sc(C)nc3cc2s1. The van der Waals surface area contributed by atoms with Crippen molar-refractivity contribution in [1.29, 1.82) is 0 Å². The number of aromatic nitrogens is 2. The van der Waals surface area contributed by atoms with Crippen molar-refractivity contribution >= 4 is 43.1 Å². The number of thiazole rings is 2. The molecule has 0 saturated heterocycles. The van der Waals surface area contributed by atoms with Crippen LogP contribution in [0.15, 0.2) is 35.9 Å². The van der Waals surface area contributed by atoms with E-state index in [-0.39, 0.29) is 0 Å². The van der Waals surface area contributed by atoms with Gasteiger partial charge in [0.2, 0.25) is 0 Å². The summed E-state index contributed by atoms with van der Waals surface area (Å²) in [6, 6.07) is 4.34. The van der Waals surface area contributed by atoms with Crippen LogP contribution in [0, 0.1) is 6.92 Å². The maximum atomic E-state index is 4.74. The van der Waals surface area contributed by atoms with E-state index in [1.165, 1.54) is 20.0 Å². The first-order chi connectivity index (χ1) is 10.2. The molecule has 1 aromatic carbocycles. The molecule has 2 heterocycles. The Balaban J connectivity index is 1.85. The van der Waals surface area contributed by atoms with E-state index in [1.54, 1.807) is 22.7 Å². The van der Waals surface area contributed by atoms with Crippen LogP contribution in [0.5, 0.6) is 0 Å². The first-order valence-electron chi connectivity index (χ1n) is 7.15. The number of fused-ring (bicyclic) bond motifs is 2. The number of benzene rings is 1. The first-order valence-corrected chi connectivity index (χ1v) is 8.79. The second kappa shape index (κ2) is 6.08. The quantitative estimate of drug-likeness (QED) is 0.580. The first kappa shape index (κ1) is 14.4. The van der Waals surface area contributed by atoms with Crippen LogP contribution in [-0.2, 0) is 6.42 Å². The molecule has 0 bridgehead atoms. The van der Waals surface area contributed by atoms with Gasteiger partial charge in [0.1, 0.15) is 0 Å². The maximum Gasteiger partial charge on any atom is 0.0976 e. The smallest absolute Gasteiger partial charge is 0.0976 e. The van der Waals surface area contributed by atoms with Crippen LogP contribution in [-0.4, -0.2) is 9.97 Å². The lowest BCUT2D eigenvalue weighted by atomic mass is 10.2. The fourth-order valence-corrected chi connectivity index (χ4v) is 4.13. The summed E-state index contributed by atoms with van der Waals surface area (Å²) in [4.78, 5) is 9.30. The lowest BCUT2D eigenvalue weighted by Gasteiger charge is -1.90. The van der Waals surface area contributed by atoms with E-state index in [4.69, 9.17) is 4.98 Å². The Kier molecular flexibility index (Phi) is 4.17. The third-order valence-corrected chi connectivity index (χ3v) is 5.22. The third-order valence-electron chi connectivity index (χ3n) is 3.25. The maximum absolute atomic E-state index is 4.74. The van der Waals surface area contributed by atoms with Gasteiger partial charge in [-0.2, -0.15) is 0 Å². The molecule has 0 atom stereocenters. The van der Waals surface area contributed by atoms with Crippen LogP contribution in [0.25, 0.3) is 20.4 Å². The standard InChI is InChI=1S/C17H18N2S2/c1-4-6-11(2)7-5-8-17-19-14-10-15-13(9-16(14)21-17)18-12(3)20-15/h5-7,9-10H,4,8H2,1-3H3/b7-5-,11-6-. The normalized spacial score (nSPS) is 13.0. The molecule has 21 heavy (non-hydrogen) atoms. The van der Waals surface area contributed by atoms with E-state index in [9.17, 15) is 0 Å². The summed E-state index contributed by atoms with van der Waals surface area (Å²) >= 11 is 3.50. The zero-order chi connectivity index (χ0) is 14.8. The van der Waals surface area contributed by atoms with Crippen molar-refractivity contribution in [2.45, 2.75) is 33.6 Å². The van der Waals surface area contributed by atoms with Gasteiger partial charge in [0.05, 0.1) is 30.4 Å². The minimum Gasteiger partial charge on any atom is -0.241 e. The fourth-order valence-electron chi connectivity index (χ4n) is 2.34. The number of allylic oxidation sites excluding steroid dienone is 4. The number of hydrogen-bond donors (Lipinski definition) is 0. The predicted molar refractivity (Wildman–Crippen MR) is 94.4 cm³/mol. The van der Waals surface area contributed by atoms with Gasteiger partial charge >= 0.3 is 0 Å². The topological polar surface area (TPSA) is 25.8 Å². The molecule has 108 valence electrons. The van der Waals surface area contributed by atoms with E-state index >= 15 is 0 Å². The van der Waals surface area contributed by atoms with Crippen LogP contribution >= 0.6 is 22.7 Å². The van der Waals surface area contributed by atoms with Gasteiger partial charge in [-0.1, -0.05) is 30.7 Å². The van der Waals surface area contributed by atoms with Gasteiger partial charge in [0, 0.05) is 6.42 Å². The molecule has 0 saturated carbocycles. The highest BCUT2D eigenvalue weighted by Crippen LogP contribution is 2.30.